The number of rotatable bonds is 4. The van der Waals surface area contributed by atoms with Crippen molar-refractivity contribution < 1.29 is 18.7 Å². The van der Waals surface area contributed by atoms with Gasteiger partial charge in [-0.05, 0) is 60.4 Å². The van der Waals surface area contributed by atoms with Crippen LogP contribution >= 0.6 is 15.9 Å². The van der Waals surface area contributed by atoms with Gasteiger partial charge in [-0.3, -0.25) is 9.69 Å². The second-order valence-electron chi connectivity index (χ2n) is 5.54. The molecule has 3 nitrogen and oxygen atoms in total. The van der Waals surface area contributed by atoms with Crippen LogP contribution in [0.5, 0.6) is 0 Å². The maximum absolute atomic E-state index is 14.0. The van der Waals surface area contributed by atoms with Crippen molar-refractivity contribution in [3.05, 3.63) is 33.8 Å². The molecule has 1 fully saturated rings. The predicted molar refractivity (Wildman–Crippen MR) is 78.9 cm³/mol. The van der Waals surface area contributed by atoms with Gasteiger partial charge in [0.05, 0.1) is 9.89 Å². The van der Waals surface area contributed by atoms with Crippen LogP contribution in [0.3, 0.4) is 0 Å². The predicted octanol–water partition coefficient (Wildman–Crippen LogP) is 3.80. The molecule has 1 aliphatic rings. The Balaban J connectivity index is 2.08. The number of hydrogen-bond acceptors (Lipinski definition) is 2. The highest BCUT2D eigenvalue weighted by Crippen LogP contribution is 2.36. The number of halogens is 3. The zero-order valence-electron chi connectivity index (χ0n) is 11.8. The minimum atomic E-state index is -0.774. The molecular formula is C15H18BrF2NO2. The van der Waals surface area contributed by atoms with E-state index in [0.29, 0.717) is 32.4 Å². The summed E-state index contributed by atoms with van der Waals surface area (Å²) in [7, 11) is 0. The van der Waals surface area contributed by atoms with Crippen LogP contribution < -0.4 is 0 Å². The van der Waals surface area contributed by atoms with E-state index in [4.69, 9.17) is 0 Å². The molecule has 0 spiro atoms. The molecule has 1 N–H and O–H groups in total. The summed E-state index contributed by atoms with van der Waals surface area (Å²) >= 11 is 3.06. The van der Waals surface area contributed by atoms with Crippen LogP contribution in [0.2, 0.25) is 0 Å². The molecule has 0 saturated carbocycles. The van der Waals surface area contributed by atoms with E-state index in [1.807, 2.05) is 11.8 Å². The van der Waals surface area contributed by atoms with E-state index in [9.17, 15) is 18.7 Å². The fourth-order valence-corrected chi connectivity index (χ4v) is 3.17. The summed E-state index contributed by atoms with van der Waals surface area (Å²) in [5.41, 5.74) is -0.658. The first-order valence-electron chi connectivity index (χ1n) is 6.98. The topological polar surface area (TPSA) is 40.5 Å². The van der Waals surface area contributed by atoms with Gasteiger partial charge in [-0.2, -0.15) is 0 Å². The van der Waals surface area contributed by atoms with E-state index in [2.05, 4.69) is 15.9 Å². The number of hydrogen-bond donors (Lipinski definition) is 1. The Morgan fingerprint density at radius 3 is 2.52 bits per heavy atom. The Morgan fingerprint density at radius 2 is 2.00 bits per heavy atom. The van der Waals surface area contributed by atoms with Crippen molar-refractivity contribution in [1.82, 2.24) is 4.90 Å². The van der Waals surface area contributed by atoms with Crippen LogP contribution in [0.1, 0.15) is 31.7 Å². The summed E-state index contributed by atoms with van der Waals surface area (Å²) < 4.78 is 27.9. The van der Waals surface area contributed by atoms with Gasteiger partial charge < -0.3 is 5.11 Å². The molecule has 21 heavy (non-hydrogen) atoms. The third-order valence-corrected chi connectivity index (χ3v) is 5.08. The molecule has 1 saturated heterocycles. The van der Waals surface area contributed by atoms with E-state index >= 15 is 0 Å². The van der Waals surface area contributed by atoms with Gasteiger partial charge in [0.1, 0.15) is 11.6 Å². The van der Waals surface area contributed by atoms with E-state index in [-0.39, 0.29) is 16.6 Å². The second-order valence-corrected chi connectivity index (χ2v) is 6.39. The molecule has 0 bridgehead atoms. The molecule has 1 aliphatic heterocycles. The van der Waals surface area contributed by atoms with Gasteiger partial charge in [-0.25, -0.2) is 8.78 Å². The third kappa shape index (κ3) is 3.26. The van der Waals surface area contributed by atoms with Crippen LogP contribution in [0.15, 0.2) is 16.6 Å². The zero-order chi connectivity index (χ0) is 15.6. The van der Waals surface area contributed by atoms with Gasteiger partial charge in [0, 0.05) is 12.1 Å². The fraction of sp³-hybridized carbons (Fsp3) is 0.533. The Bertz CT molecular complexity index is 543. The van der Waals surface area contributed by atoms with Crippen molar-refractivity contribution in [3.8, 4) is 0 Å². The molecule has 6 heteroatoms. The van der Waals surface area contributed by atoms with Crippen LogP contribution in [-0.2, 0) is 11.3 Å². The quantitative estimate of drug-likeness (QED) is 0.829. The first kappa shape index (κ1) is 16.4. The summed E-state index contributed by atoms with van der Waals surface area (Å²) in [6, 6.07) is 2.58. The van der Waals surface area contributed by atoms with Crippen molar-refractivity contribution >= 4 is 21.9 Å². The molecule has 0 atom stereocenters. The van der Waals surface area contributed by atoms with Crippen molar-refractivity contribution in [2.75, 3.05) is 13.1 Å². The summed E-state index contributed by atoms with van der Waals surface area (Å²) in [6.45, 7) is 3.10. The van der Waals surface area contributed by atoms with Crippen molar-refractivity contribution in [2.24, 2.45) is 5.41 Å². The number of nitrogens with zero attached hydrogens (tertiary/aromatic N) is 1. The van der Waals surface area contributed by atoms with E-state index in [0.717, 1.165) is 0 Å². The van der Waals surface area contributed by atoms with Gasteiger partial charge in [0.2, 0.25) is 0 Å². The molecule has 1 aromatic carbocycles. The third-order valence-electron chi connectivity index (χ3n) is 4.46. The molecule has 116 valence electrons. The summed E-state index contributed by atoms with van der Waals surface area (Å²) in [5.74, 6) is -1.92. The van der Waals surface area contributed by atoms with Gasteiger partial charge in [-0.15, -0.1) is 0 Å². The Kier molecular flexibility index (Phi) is 4.99. The first-order valence-corrected chi connectivity index (χ1v) is 7.77. The summed E-state index contributed by atoms with van der Waals surface area (Å²) in [6.07, 6.45) is 1.60. The lowest BCUT2D eigenvalue weighted by Crippen LogP contribution is -2.43. The minimum absolute atomic E-state index is 0.0312. The van der Waals surface area contributed by atoms with E-state index < -0.39 is 23.0 Å². The number of likely N-dealkylation sites (tertiary alicyclic amines) is 1. The van der Waals surface area contributed by atoms with Crippen LogP contribution in [0.25, 0.3) is 0 Å². The van der Waals surface area contributed by atoms with Crippen molar-refractivity contribution in [2.45, 2.75) is 32.7 Å². The van der Waals surface area contributed by atoms with E-state index in [1.54, 1.807) is 0 Å². The van der Waals surface area contributed by atoms with Gasteiger partial charge in [0.25, 0.3) is 0 Å². The summed E-state index contributed by atoms with van der Waals surface area (Å²) in [4.78, 5) is 13.3. The number of piperidine rings is 1. The van der Waals surface area contributed by atoms with Gasteiger partial charge in [-0.1, -0.05) is 6.92 Å². The Labute approximate surface area is 131 Å². The molecule has 0 aliphatic carbocycles. The number of benzene rings is 1. The zero-order valence-corrected chi connectivity index (χ0v) is 13.4. The summed E-state index contributed by atoms with van der Waals surface area (Å²) in [5, 5.41) is 9.34. The molecule has 1 heterocycles. The molecule has 0 unspecified atom stereocenters. The number of carboxylic acid groups (broad SMARTS) is 1. The average Bonchev–Trinajstić information content (AvgIpc) is 2.48. The number of carboxylic acids is 1. The number of aliphatic carboxylic acids is 1. The van der Waals surface area contributed by atoms with Gasteiger partial charge in [0.15, 0.2) is 0 Å². The average molecular weight is 362 g/mol. The molecule has 2 rings (SSSR count). The van der Waals surface area contributed by atoms with Crippen LogP contribution in [-0.4, -0.2) is 29.1 Å². The first-order chi connectivity index (χ1) is 9.89. The van der Waals surface area contributed by atoms with Crippen LogP contribution in [0.4, 0.5) is 8.78 Å². The smallest absolute Gasteiger partial charge is 0.309 e. The maximum atomic E-state index is 14.0. The molecule has 0 radical (unpaired) electrons. The Morgan fingerprint density at radius 1 is 1.38 bits per heavy atom. The van der Waals surface area contributed by atoms with Crippen molar-refractivity contribution in [1.29, 1.82) is 0 Å². The monoisotopic (exact) mass is 361 g/mol. The fourth-order valence-electron chi connectivity index (χ4n) is 2.80. The molecule has 1 aromatic rings. The highest BCUT2D eigenvalue weighted by molar-refractivity contribution is 9.10. The maximum Gasteiger partial charge on any atom is 0.309 e. The lowest BCUT2D eigenvalue weighted by Gasteiger charge is -2.38. The van der Waals surface area contributed by atoms with Gasteiger partial charge >= 0.3 is 5.97 Å². The molecule has 0 aromatic heterocycles. The number of carbonyl (C=O) groups is 1. The minimum Gasteiger partial charge on any atom is -0.481 e. The van der Waals surface area contributed by atoms with Crippen molar-refractivity contribution in [3.63, 3.8) is 0 Å². The van der Waals surface area contributed by atoms with Crippen LogP contribution in [0, 0.1) is 17.0 Å². The standard InChI is InChI=1S/C15H18BrF2NO2/c1-2-15(14(20)21)5-7-19(8-6-15)9-10-12(17)4-3-11(16)13(10)18/h3-4H,2,5-9H2,1H3,(H,20,21). The largest absolute Gasteiger partial charge is 0.481 e. The molecule has 0 amide bonds. The normalized spacial score (nSPS) is 18.7. The van der Waals surface area contributed by atoms with E-state index in [1.165, 1.54) is 12.1 Å². The SMILES string of the molecule is CCC1(C(=O)O)CCN(Cc2c(F)ccc(Br)c2F)CC1. The lowest BCUT2D eigenvalue weighted by atomic mass is 9.76. The second kappa shape index (κ2) is 6.40. The lowest BCUT2D eigenvalue weighted by molar-refractivity contribution is -0.152. The highest BCUT2D eigenvalue weighted by Gasteiger charge is 2.39. The Hall–Kier alpha value is -1.01. The highest BCUT2D eigenvalue weighted by atomic mass is 79.9. The molecular weight excluding hydrogens is 344 g/mol.